The van der Waals surface area contributed by atoms with Gasteiger partial charge >= 0.3 is 18.0 Å². The van der Waals surface area contributed by atoms with E-state index in [1.165, 1.54) is 0 Å². The Hall–Kier alpha value is -3.05. The minimum absolute atomic E-state index is 0.0711. The number of hydrogen-bond acceptors (Lipinski definition) is 9. The summed E-state index contributed by atoms with van der Waals surface area (Å²) in [5.74, 6) is 0.665. The lowest BCUT2D eigenvalue weighted by Crippen LogP contribution is -2.50. The number of carbonyl (C=O) groups excluding carboxylic acids is 3. The molecule has 0 unspecified atom stereocenters. The molecule has 2 aliphatic rings. The van der Waals surface area contributed by atoms with E-state index in [0.29, 0.717) is 69.2 Å². The number of hydrogen-bond donors (Lipinski definition) is 0. The molecule has 0 spiro atoms. The molecule has 1 aromatic carbocycles. The van der Waals surface area contributed by atoms with E-state index in [1.54, 1.807) is 12.0 Å². The summed E-state index contributed by atoms with van der Waals surface area (Å²) in [7, 11) is -0.665. The monoisotopic (exact) mass is 646 g/mol. The fraction of sp³-hybridized carbons (Fsp3) is 0.676. The number of carbonyl (C=O) groups is 3. The first kappa shape index (κ1) is 36.4. The molecule has 1 amide bonds. The molecule has 0 saturated carbocycles. The van der Waals surface area contributed by atoms with Crippen LogP contribution in [0.5, 0.6) is 11.5 Å². The van der Waals surface area contributed by atoms with E-state index in [-0.39, 0.29) is 36.1 Å². The van der Waals surface area contributed by atoms with Crippen LogP contribution in [0.3, 0.4) is 0 Å². The number of nitrogens with zero attached hydrogens (tertiary/aromatic N) is 2. The third-order valence-electron chi connectivity index (χ3n) is 8.86. The van der Waals surface area contributed by atoms with Crippen molar-refractivity contribution in [2.75, 3.05) is 46.4 Å². The number of amides is 1. The molecule has 0 bridgehead atoms. The molecular formula is C34H54N2O8Si. The molecular weight excluding hydrogens is 592 g/mol. The number of rotatable bonds is 11. The minimum Gasteiger partial charge on any atom is -0.543 e. The van der Waals surface area contributed by atoms with Gasteiger partial charge in [0.2, 0.25) is 0 Å². The number of allylic oxidation sites excluding steroid dienone is 2. The maximum Gasteiger partial charge on any atom is 0.410 e. The van der Waals surface area contributed by atoms with Gasteiger partial charge < -0.3 is 28.3 Å². The van der Waals surface area contributed by atoms with Crippen molar-refractivity contribution in [2.45, 2.75) is 105 Å². The van der Waals surface area contributed by atoms with Gasteiger partial charge in [-0.15, -0.1) is 0 Å². The lowest BCUT2D eigenvalue weighted by molar-refractivity contribution is -0.144. The second-order valence-corrected chi connectivity index (χ2v) is 19.3. The van der Waals surface area contributed by atoms with Gasteiger partial charge in [0.05, 0.1) is 7.11 Å². The Morgan fingerprint density at radius 2 is 1.64 bits per heavy atom. The fourth-order valence-electron chi connectivity index (χ4n) is 5.05. The smallest absolute Gasteiger partial charge is 0.410 e. The van der Waals surface area contributed by atoms with Crippen LogP contribution in [0.1, 0.15) is 88.4 Å². The number of cyclic esters (lactones) is 1. The van der Waals surface area contributed by atoms with Crippen molar-refractivity contribution < 1.29 is 37.8 Å². The molecule has 0 N–H and O–H groups in total. The Bertz CT molecular complexity index is 1280. The minimum atomic E-state index is -2.30. The largest absolute Gasteiger partial charge is 0.543 e. The third kappa shape index (κ3) is 9.48. The molecule has 2 heterocycles. The van der Waals surface area contributed by atoms with Crippen LogP contribution in [0.25, 0.3) is 0 Å². The van der Waals surface area contributed by atoms with E-state index >= 15 is 0 Å². The highest BCUT2D eigenvalue weighted by atomic mass is 28.4. The van der Waals surface area contributed by atoms with Crippen molar-refractivity contribution in [1.82, 2.24) is 9.80 Å². The van der Waals surface area contributed by atoms with Gasteiger partial charge in [0.25, 0.3) is 8.32 Å². The zero-order chi connectivity index (χ0) is 33.7. The van der Waals surface area contributed by atoms with Crippen LogP contribution in [0.15, 0.2) is 11.6 Å². The highest BCUT2D eigenvalue weighted by molar-refractivity contribution is 6.74. The molecule has 3 rings (SSSR count). The zero-order valence-corrected chi connectivity index (χ0v) is 30.3. The zero-order valence-electron chi connectivity index (χ0n) is 29.3. The normalized spacial score (nSPS) is 16.3. The van der Waals surface area contributed by atoms with E-state index in [9.17, 15) is 14.4 Å². The molecule has 45 heavy (non-hydrogen) atoms. The molecule has 1 aromatic rings. The van der Waals surface area contributed by atoms with Gasteiger partial charge in [0.1, 0.15) is 35.9 Å². The molecule has 0 radical (unpaired) electrons. The number of methoxy groups -OCH3 is 1. The number of piperazine rings is 1. The third-order valence-corrected chi connectivity index (χ3v) is 13.2. The SMILES string of the molecule is COc1c(C)c2c(c(O[Si](C)(C)C(C)(C)C)c1C/C=C(\C)CCC(=O)OCCN1CCN(C(=O)OC(C)(C)C)CC1)C(=O)OC2. The summed E-state index contributed by atoms with van der Waals surface area (Å²) in [6.07, 6.45) is 3.10. The number of ether oxygens (including phenoxy) is 4. The second-order valence-electron chi connectivity index (χ2n) is 14.5. The topological polar surface area (TPSA) is 104 Å². The van der Waals surface area contributed by atoms with Crippen molar-refractivity contribution in [2.24, 2.45) is 0 Å². The quantitative estimate of drug-likeness (QED) is 0.117. The van der Waals surface area contributed by atoms with Gasteiger partial charge in [-0.05, 0) is 71.2 Å². The lowest BCUT2D eigenvalue weighted by atomic mass is 9.94. The standard InChI is InChI=1S/C34H54N2O8Si/c1-23(13-15-27(37)41-21-20-35-16-18-36(19-17-35)32(39)43-33(3,4)5)12-14-25-29(40-9)24(2)26-22-42-31(38)28(26)30(25)44-45(10,11)34(6,7)8/h12H,13-22H2,1-11H3/b23-12+. The van der Waals surface area contributed by atoms with Gasteiger partial charge in [-0.2, -0.15) is 0 Å². The second kappa shape index (κ2) is 14.6. The first-order valence-corrected chi connectivity index (χ1v) is 18.9. The summed E-state index contributed by atoms with van der Waals surface area (Å²) in [5, 5.41) is -0.0711. The average molecular weight is 647 g/mol. The van der Waals surface area contributed by atoms with Gasteiger partial charge in [0.15, 0.2) is 0 Å². The fourth-order valence-corrected chi connectivity index (χ4v) is 6.09. The molecule has 0 aliphatic carbocycles. The molecule has 11 heteroatoms. The molecule has 1 saturated heterocycles. The van der Waals surface area contributed by atoms with Crippen LogP contribution in [0, 0.1) is 6.92 Å². The number of benzene rings is 1. The van der Waals surface area contributed by atoms with Crippen molar-refractivity contribution in [3.63, 3.8) is 0 Å². The Labute approximate surface area is 270 Å². The molecule has 10 nitrogen and oxygen atoms in total. The van der Waals surface area contributed by atoms with Crippen LogP contribution in [0.2, 0.25) is 18.1 Å². The lowest BCUT2D eigenvalue weighted by Gasteiger charge is -2.37. The van der Waals surface area contributed by atoms with E-state index in [4.69, 9.17) is 23.4 Å². The van der Waals surface area contributed by atoms with E-state index in [0.717, 1.165) is 22.3 Å². The van der Waals surface area contributed by atoms with Crippen LogP contribution in [0.4, 0.5) is 4.79 Å². The van der Waals surface area contributed by atoms with Crippen LogP contribution in [-0.2, 0) is 32.0 Å². The van der Waals surface area contributed by atoms with E-state index < -0.39 is 13.9 Å². The predicted molar refractivity (Wildman–Crippen MR) is 177 cm³/mol. The highest BCUT2D eigenvalue weighted by Gasteiger charge is 2.42. The Kier molecular flexibility index (Phi) is 11.8. The maximum atomic E-state index is 12.9. The first-order valence-electron chi connectivity index (χ1n) is 15.9. The van der Waals surface area contributed by atoms with E-state index in [2.05, 4.69) is 44.8 Å². The number of fused-ring (bicyclic) bond motifs is 1. The predicted octanol–water partition coefficient (Wildman–Crippen LogP) is 6.42. The summed E-state index contributed by atoms with van der Waals surface area (Å²) in [6, 6.07) is 0. The average Bonchev–Trinajstić information content (AvgIpc) is 3.32. The maximum absolute atomic E-state index is 12.9. The van der Waals surface area contributed by atoms with Crippen molar-refractivity contribution >= 4 is 26.3 Å². The molecule has 1 fully saturated rings. The molecule has 2 aliphatic heterocycles. The Balaban J connectivity index is 1.58. The molecule has 0 atom stereocenters. The van der Waals surface area contributed by atoms with Crippen molar-refractivity contribution in [1.29, 1.82) is 0 Å². The summed E-state index contributed by atoms with van der Waals surface area (Å²) in [5.41, 5.74) is 3.56. The van der Waals surface area contributed by atoms with Gasteiger partial charge in [-0.1, -0.05) is 32.4 Å². The summed E-state index contributed by atoms with van der Waals surface area (Å²) < 4.78 is 29.1. The van der Waals surface area contributed by atoms with Gasteiger partial charge in [-0.25, -0.2) is 9.59 Å². The van der Waals surface area contributed by atoms with Crippen molar-refractivity contribution in [3.8, 4) is 11.5 Å². The van der Waals surface area contributed by atoms with Crippen LogP contribution < -0.4 is 9.16 Å². The Morgan fingerprint density at radius 3 is 2.22 bits per heavy atom. The summed E-state index contributed by atoms with van der Waals surface area (Å²) in [4.78, 5) is 41.6. The Morgan fingerprint density at radius 1 is 1.00 bits per heavy atom. The van der Waals surface area contributed by atoms with Crippen molar-refractivity contribution in [3.05, 3.63) is 33.9 Å². The van der Waals surface area contributed by atoms with Crippen LogP contribution >= 0.6 is 0 Å². The summed E-state index contributed by atoms with van der Waals surface area (Å²) >= 11 is 0. The molecule has 252 valence electrons. The molecule has 0 aromatic heterocycles. The van der Waals surface area contributed by atoms with E-state index in [1.807, 2.05) is 34.6 Å². The highest BCUT2D eigenvalue weighted by Crippen LogP contribution is 2.46. The van der Waals surface area contributed by atoms with Gasteiger partial charge in [0, 0.05) is 50.3 Å². The van der Waals surface area contributed by atoms with Crippen LogP contribution in [-0.4, -0.2) is 88.2 Å². The number of esters is 2. The summed E-state index contributed by atoms with van der Waals surface area (Å²) in [6.45, 7) is 24.1. The first-order chi connectivity index (χ1) is 20.8. The van der Waals surface area contributed by atoms with Gasteiger partial charge in [-0.3, -0.25) is 9.69 Å².